The number of benzene rings is 2. The van der Waals surface area contributed by atoms with E-state index in [1.165, 1.54) is 6.33 Å². The van der Waals surface area contributed by atoms with Crippen molar-refractivity contribution in [3.8, 4) is 11.6 Å². The van der Waals surface area contributed by atoms with E-state index in [4.69, 9.17) is 16.3 Å². The highest BCUT2D eigenvalue weighted by Gasteiger charge is 2.06. The summed E-state index contributed by atoms with van der Waals surface area (Å²) < 4.78 is 5.74. The van der Waals surface area contributed by atoms with Gasteiger partial charge in [-0.3, -0.25) is 0 Å². The average molecular weight is 257 g/mol. The molecule has 0 saturated heterocycles. The fraction of sp³-hybridized carbons (Fsp3) is 0. The molecule has 0 aliphatic rings. The van der Waals surface area contributed by atoms with E-state index < -0.39 is 0 Å². The van der Waals surface area contributed by atoms with Crippen molar-refractivity contribution in [2.45, 2.75) is 0 Å². The molecule has 0 saturated carbocycles. The third-order valence-corrected chi connectivity index (χ3v) is 2.75. The van der Waals surface area contributed by atoms with Gasteiger partial charge in [0.05, 0.1) is 10.9 Å². The van der Waals surface area contributed by atoms with Crippen molar-refractivity contribution in [2.75, 3.05) is 0 Å². The van der Waals surface area contributed by atoms with Crippen LogP contribution in [0.15, 0.2) is 54.9 Å². The maximum atomic E-state index is 5.93. The van der Waals surface area contributed by atoms with Gasteiger partial charge in [-0.25, -0.2) is 9.97 Å². The fourth-order valence-electron chi connectivity index (χ4n) is 1.69. The van der Waals surface area contributed by atoms with E-state index in [0.717, 1.165) is 16.7 Å². The molecule has 0 unspecified atom stereocenters. The number of fused-ring (bicyclic) bond motifs is 1. The van der Waals surface area contributed by atoms with Gasteiger partial charge in [0.1, 0.15) is 12.1 Å². The number of hydrogen-bond donors (Lipinski definition) is 0. The van der Waals surface area contributed by atoms with Crippen LogP contribution in [0.2, 0.25) is 5.02 Å². The summed E-state index contributed by atoms with van der Waals surface area (Å²) in [4.78, 5) is 8.32. The minimum absolute atomic E-state index is 0.530. The molecule has 0 radical (unpaired) electrons. The smallest absolute Gasteiger partial charge is 0.230 e. The third-order valence-electron chi connectivity index (χ3n) is 2.52. The molecule has 4 heteroatoms. The predicted octanol–water partition coefficient (Wildman–Crippen LogP) is 4.08. The van der Waals surface area contributed by atoms with E-state index in [1.54, 1.807) is 12.1 Å². The second-order valence-corrected chi connectivity index (χ2v) is 4.19. The lowest BCUT2D eigenvalue weighted by atomic mass is 10.2. The molecule has 2 aromatic carbocycles. The molecule has 3 nitrogen and oxygen atoms in total. The highest BCUT2D eigenvalue weighted by molar-refractivity contribution is 6.31. The normalized spacial score (nSPS) is 10.5. The summed E-state index contributed by atoms with van der Waals surface area (Å²) in [6.07, 6.45) is 1.47. The summed E-state index contributed by atoms with van der Waals surface area (Å²) in [6, 6.07) is 15.0. The lowest BCUT2D eigenvalue weighted by molar-refractivity contribution is 0.468. The van der Waals surface area contributed by atoms with Crippen molar-refractivity contribution in [3.63, 3.8) is 0 Å². The van der Waals surface area contributed by atoms with Crippen molar-refractivity contribution in [1.82, 2.24) is 9.97 Å². The van der Waals surface area contributed by atoms with Gasteiger partial charge in [0.15, 0.2) is 0 Å². The molecule has 0 aliphatic carbocycles. The second-order valence-electron chi connectivity index (χ2n) is 3.76. The van der Waals surface area contributed by atoms with Crippen LogP contribution >= 0.6 is 11.6 Å². The molecule has 0 fully saturated rings. The number of ether oxygens (including phenoxy) is 1. The van der Waals surface area contributed by atoms with Crippen LogP contribution in [0.5, 0.6) is 11.6 Å². The van der Waals surface area contributed by atoms with Crippen molar-refractivity contribution in [3.05, 3.63) is 59.9 Å². The van der Waals surface area contributed by atoms with E-state index in [2.05, 4.69) is 9.97 Å². The van der Waals surface area contributed by atoms with Crippen LogP contribution in [0.25, 0.3) is 10.9 Å². The van der Waals surface area contributed by atoms with Crippen LogP contribution in [-0.4, -0.2) is 9.97 Å². The second kappa shape index (κ2) is 4.63. The minimum atomic E-state index is 0.530. The molecule has 3 rings (SSSR count). The molecule has 0 aliphatic heterocycles. The molecule has 1 heterocycles. The Labute approximate surface area is 109 Å². The Morgan fingerprint density at radius 1 is 0.944 bits per heavy atom. The minimum Gasteiger partial charge on any atom is -0.438 e. The van der Waals surface area contributed by atoms with Crippen molar-refractivity contribution in [2.24, 2.45) is 0 Å². The fourth-order valence-corrected chi connectivity index (χ4v) is 1.85. The Hall–Kier alpha value is -2.13. The van der Waals surface area contributed by atoms with E-state index in [0.29, 0.717) is 10.9 Å². The van der Waals surface area contributed by atoms with Gasteiger partial charge in [0.25, 0.3) is 0 Å². The van der Waals surface area contributed by atoms with Gasteiger partial charge in [0, 0.05) is 5.02 Å². The summed E-state index contributed by atoms with van der Waals surface area (Å²) >= 11 is 5.93. The Balaban J connectivity index is 2.07. The monoisotopic (exact) mass is 256 g/mol. The standard InChI is InChI=1S/C14H9ClN2O/c15-10-6-7-12-13(8-10)16-9-17-14(12)18-11-4-2-1-3-5-11/h1-9H. The number of para-hydroxylation sites is 1. The van der Waals surface area contributed by atoms with Crippen LogP contribution in [0, 0.1) is 0 Å². The van der Waals surface area contributed by atoms with E-state index in [1.807, 2.05) is 36.4 Å². The molecule has 18 heavy (non-hydrogen) atoms. The SMILES string of the molecule is Clc1ccc2c(Oc3ccccc3)ncnc2c1. The molecule has 0 spiro atoms. The maximum absolute atomic E-state index is 5.93. The lowest BCUT2D eigenvalue weighted by Gasteiger charge is -2.06. The van der Waals surface area contributed by atoms with Gasteiger partial charge in [0.2, 0.25) is 5.88 Å². The summed E-state index contributed by atoms with van der Waals surface area (Å²) in [5.74, 6) is 1.27. The van der Waals surface area contributed by atoms with E-state index in [-0.39, 0.29) is 0 Å². The molecule has 0 amide bonds. The summed E-state index contributed by atoms with van der Waals surface area (Å²) in [5.41, 5.74) is 0.767. The first-order valence-corrected chi connectivity index (χ1v) is 5.84. The highest BCUT2D eigenvalue weighted by atomic mass is 35.5. The summed E-state index contributed by atoms with van der Waals surface area (Å²) in [7, 11) is 0. The lowest BCUT2D eigenvalue weighted by Crippen LogP contribution is -1.91. The van der Waals surface area contributed by atoms with Crippen LogP contribution in [-0.2, 0) is 0 Å². The molecule has 0 N–H and O–H groups in total. The van der Waals surface area contributed by atoms with Crippen LogP contribution in [0.3, 0.4) is 0 Å². The van der Waals surface area contributed by atoms with Crippen LogP contribution in [0.4, 0.5) is 0 Å². The van der Waals surface area contributed by atoms with Crippen molar-refractivity contribution < 1.29 is 4.74 Å². The predicted molar refractivity (Wildman–Crippen MR) is 71.1 cm³/mol. The van der Waals surface area contributed by atoms with E-state index >= 15 is 0 Å². The first-order chi connectivity index (χ1) is 8.83. The van der Waals surface area contributed by atoms with Gasteiger partial charge in [-0.2, -0.15) is 0 Å². The maximum Gasteiger partial charge on any atom is 0.230 e. The number of nitrogens with zero attached hydrogens (tertiary/aromatic N) is 2. The molecular formula is C14H9ClN2O. The van der Waals surface area contributed by atoms with Crippen molar-refractivity contribution in [1.29, 1.82) is 0 Å². The average Bonchev–Trinajstić information content (AvgIpc) is 2.40. The van der Waals surface area contributed by atoms with Crippen LogP contribution in [0.1, 0.15) is 0 Å². The summed E-state index contributed by atoms with van der Waals surface area (Å²) in [6.45, 7) is 0. The largest absolute Gasteiger partial charge is 0.438 e. The molecular weight excluding hydrogens is 248 g/mol. The zero-order valence-electron chi connectivity index (χ0n) is 9.38. The van der Waals surface area contributed by atoms with Crippen LogP contribution < -0.4 is 4.74 Å². The number of halogens is 1. The zero-order chi connectivity index (χ0) is 12.4. The Morgan fingerprint density at radius 3 is 2.61 bits per heavy atom. The van der Waals surface area contributed by atoms with Gasteiger partial charge < -0.3 is 4.74 Å². The Morgan fingerprint density at radius 2 is 1.78 bits per heavy atom. The number of aromatic nitrogens is 2. The number of hydrogen-bond acceptors (Lipinski definition) is 3. The topological polar surface area (TPSA) is 35.0 Å². The molecule has 88 valence electrons. The first-order valence-electron chi connectivity index (χ1n) is 5.46. The van der Waals surface area contributed by atoms with Gasteiger partial charge >= 0.3 is 0 Å². The zero-order valence-corrected chi connectivity index (χ0v) is 10.1. The molecule has 0 atom stereocenters. The highest BCUT2D eigenvalue weighted by Crippen LogP contribution is 2.27. The first kappa shape index (κ1) is 11.0. The molecule has 1 aromatic heterocycles. The van der Waals surface area contributed by atoms with E-state index in [9.17, 15) is 0 Å². The summed E-state index contributed by atoms with van der Waals surface area (Å²) in [5, 5.41) is 1.48. The van der Waals surface area contributed by atoms with Gasteiger partial charge in [-0.15, -0.1) is 0 Å². The number of rotatable bonds is 2. The molecule has 0 bridgehead atoms. The molecule has 3 aromatic rings. The van der Waals surface area contributed by atoms with Gasteiger partial charge in [-0.1, -0.05) is 29.8 Å². The Kier molecular flexibility index (Phi) is 2.82. The third kappa shape index (κ3) is 2.13. The quantitative estimate of drug-likeness (QED) is 0.693. The Bertz CT molecular complexity index is 686. The van der Waals surface area contributed by atoms with Crippen molar-refractivity contribution >= 4 is 22.5 Å². The van der Waals surface area contributed by atoms with Gasteiger partial charge in [-0.05, 0) is 30.3 Å².